The highest BCUT2D eigenvalue weighted by Crippen LogP contribution is 2.29. The number of ether oxygens (including phenoxy) is 1. The number of methoxy groups -OCH3 is 1. The molecule has 1 aliphatic heterocycles. The number of nitrogens with one attached hydrogen (secondary N) is 1. The molecule has 0 aliphatic carbocycles. The van der Waals surface area contributed by atoms with Crippen LogP contribution in [0.5, 0.6) is 0 Å². The van der Waals surface area contributed by atoms with Gasteiger partial charge < -0.3 is 10.1 Å². The Labute approximate surface area is 64.9 Å². The van der Waals surface area contributed by atoms with E-state index in [0.717, 1.165) is 0 Å². The minimum absolute atomic E-state index is 0.161. The lowest BCUT2D eigenvalue weighted by molar-refractivity contribution is -0.0950. The van der Waals surface area contributed by atoms with Crippen molar-refractivity contribution in [1.29, 1.82) is 0 Å². The second kappa shape index (κ2) is 3.45. The normalized spacial score (nSPS) is 30.3. The molecule has 0 amide bonds. The average Bonchev–Trinajstić information content (AvgIpc) is 1.94. The summed E-state index contributed by atoms with van der Waals surface area (Å²) in [6.07, 6.45) is 0.501. The summed E-state index contributed by atoms with van der Waals surface area (Å²) < 4.78 is 30.5. The molecule has 1 rings (SSSR count). The molecule has 0 aromatic rings. The van der Waals surface area contributed by atoms with Gasteiger partial charge in [0.25, 0.3) is 5.92 Å². The highest BCUT2D eigenvalue weighted by molar-refractivity contribution is 4.84. The molecule has 0 radical (unpaired) electrons. The number of piperidine rings is 1. The quantitative estimate of drug-likeness (QED) is 0.655. The predicted octanol–water partition coefficient (Wildman–Crippen LogP) is 0.878. The van der Waals surface area contributed by atoms with E-state index in [1.807, 2.05) is 0 Å². The lowest BCUT2D eigenvalue weighted by atomic mass is 9.95. The van der Waals surface area contributed by atoms with Gasteiger partial charge in [0.1, 0.15) is 0 Å². The van der Waals surface area contributed by atoms with Gasteiger partial charge in [0, 0.05) is 13.0 Å². The van der Waals surface area contributed by atoms with Crippen molar-refractivity contribution in [2.24, 2.45) is 5.92 Å². The van der Waals surface area contributed by atoms with Crippen LogP contribution in [0.3, 0.4) is 0 Å². The molecule has 0 saturated carbocycles. The first-order valence-corrected chi connectivity index (χ1v) is 3.74. The highest BCUT2D eigenvalue weighted by Gasteiger charge is 2.41. The van der Waals surface area contributed by atoms with E-state index in [1.165, 1.54) is 7.11 Å². The van der Waals surface area contributed by atoms with E-state index in [2.05, 4.69) is 5.32 Å². The molecule has 4 heteroatoms. The van der Waals surface area contributed by atoms with Crippen LogP contribution >= 0.6 is 0 Å². The number of hydrogen-bond donors (Lipinski definition) is 1. The molecular weight excluding hydrogens is 152 g/mol. The molecule has 11 heavy (non-hydrogen) atoms. The van der Waals surface area contributed by atoms with Crippen molar-refractivity contribution >= 4 is 0 Å². The third-order valence-corrected chi connectivity index (χ3v) is 2.00. The smallest absolute Gasteiger partial charge is 0.265 e. The molecule has 1 saturated heterocycles. The molecule has 0 aromatic carbocycles. The molecule has 1 N–H and O–H groups in total. The van der Waals surface area contributed by atoms with Crippen molar-refractivity contribution in [1.82, 2.24) is 5.32 Å². The van der Waals surface area contributed by atoms with Crippen LogP contribution in [0, 0.1) is 5.92 Å². The number of alkyl halides is 2. The SMILES string of the molecule is COC[C@H]1CCNCC1(F)F. The minimum Gasteiger partial charge on any atom is -0.384 e. The molecule has 0 aromatic heterocycles. The summed E-state index contributed by atoms with van der Waals surface area (Å²) >= 11 is 0. The monoisotopic (exact) mass is 165 g/mol. The molecule has 2 nitrogen and oxygen atoms in total. The van der Waals surface area contributed by atoms with Crippen LogP contribution in [-0.2, 0) is 4.74 Å². The zero-order chi connectivity index (χ0) is 8.32. The van der Waals surface area contributed by atoms with E-state index in [4.69, 9.17) is 4.74 Å². The summed E-state index contributed by atoms with van der Waals surface area (Å²) in [5.41, 5.74) is 0. The molecule has 1 aliphatic rings. The maximum absolute atomic E-state index is 12.9. The Morgan fingerprint density at radius 2 is 2.36 bits per heavy atom. The number of rotatable bonds is 2. The van der Waals surface area contributed by atoms with Crippen LogP contribution in [0.25, 0.3) is 0 Å². The van der Waals surface area contributed by atoms with E-state index >= 15 is 0 Å². The molecule has 1 fully saturated rings. The van der Waals surface area contributed by atoms with Gasteiger partial charge in [0.05, 0.1) is 13.2 Å². The zero-order valence-electron chi connectivity index (χ0n) is 6.57. The largest absolute Gasteiger partial charge is 0.384 e. The van der Waals surface area contributed by atoms with Gasteiger partial charge in [-0.2, -0.15) is 0 Å². The minimum atomic E-state index is -2.59. The molecule has 0 bridgehead atoms. The van der Waals surface area contributed by atoms with Crippen LogP contribution in [0.4, 0.5) is 8.78 Å². The lowest BCUT2D eigenvalue weighted by Crippen LogP contribution is -2.47. The van der Waals surface area contributed by atoms with Gasteiger partial charge in [0.2, 0.25) is 0 Å². The Morgan fingerprint density at radius 1 is 1.64 bits per heavy atom. The van der Waals surface area contributed by atoms with Crippen molar-refractivity contribution in [2.75, 3.05) is 26.8 Å². The Morgan fingerprint density at radius 3 is 2.91 bits per heavy atom. The van der Waals surface area contributed by atoms with Gasteiger partial charge in [-0.15, -0.1) is 0 Å². The fraction of sp³-hybridized carbons (Fsp3) is 1.00. The van der Waals surface area contributed by atoms with Crippen LogP contribution in [0.15, 0.2) is 0 Å². The van der Waals surface area contributed by atoms with Crippen LogP contribution < -0.4 is 5.32 Å². The third-order valence-electron chi connectivity index (χ3n) is 2.00. The average molecular weight is 165 g/mol. The van der Waals surface area contributed by atoms with Gasteiger partial charge in [-0.3, -0.25) is 0 Å². The summed E-state index contributed by atoms with van der Waals surface area (Å²) in [7, 11) is 1.46. The molecular formula is C7H13F2NO. The van der Waals surface area contributed by atoms with Crippen LogP contribution in [-0.4, -0.2) is 32.7 Å². The van der Waals surface area contributed by atoms with E-state index in [9.17, 15) is 8.78 Å². The van der Waals surface area contributed by atoms with Gasteiger partial charge >= 0.3 is 0 Å². The van der Waals surface area contributed by atoms with E-state index in [1.54, 1.807) is 0 Å². The van der Waals surface area contributed by atoms with Crippen molar-refractivity contribution in [3.63, 3.8) is 0 Å². The van der Waals surface area contributed by atoms with E-state index < -0.39 is 11.8 Å². The first-order valence-electron chi connectivity index (χ1n) is 3.74. The molecule has 66 valence electrons. The second-order valence-electron chi connectivity index (χ2n) is 2.88. The maximum Gasteiger partial charge on any atom is 0.265 e. The van der Waals surface area contributed by atoms with Crippen LogP contribution in [0.1, 0.15) is 6.42 Å². The summed E-state index contributed by atoms with van der Waals surface area (Å²) in [6, 6.07) is 0. The summed E-state index contributed by atoms with van der Waals surface area (Å²) in [5, 5.41) is 2.66. The Balaban J connectivity index is 2.45. The Kier molecular flexibility index (Phi) is 2.78. The Hall–Kier alpha value is -0.220. The number of halogens is 2. The first-order chi connectivity index (χ1) is 5.17. The number of hydrogen-bond acceptors (Lipinski definition) is 2. The summed E-state index contributed by atoms with van der Waals surface area (Å²) in [4.78, 5) is 0. The molecule has 1 heterocycles. The van der Waals surface area contributed by atoms with Gasteiger partial charge in [-0.05, 0) is 13.0 Å². The summed E-state index contributed by atoms with van der Waals surface area (Å²) in [6.45, 7) is 0.624. The van der Waals surface area contributed by atoms with Crippen LogP contribution in [0.2, 0.25) is 0 Å². The van der Waals surface area contributed by atoms with Gasteiger partial charge in [-0.1, -0.05) is 0 Å². The van der Waals surface area contributed by atoms with Crippen molar-refractivity contribution in [2.45, 2.75) is 12.3 Å². The topological polar surface area (TPSA) is 21.3 Å². The fourth-order valence-corrected chi connectivity index (χ4v) is 1.29. The van der Waals surface area contributed by atoms with Crippen molar-refractivity contribution in [3.8, 4) is 0 Å². The molecule has 0 unspecified atom stereocenters. The zero-order valence-corrected chi connectivity index (χ0v) is 6.57. The van der Waals surface area contributed by atoms with Gasteiger partial charge in [-0.25, -0.2) is 8.78 Å². The highest BCUT2D eigenvalue weighted by atomic mass is 19.3. The van der Waals surface area contributed by atoms with E-state index in [-0.39, 0.29) is 13.2 Å². The molecule has 1 atom stereocenters. The molecule has 0 spiro atoms. The fourth-order valence-electron chi connectivity index (χ4n) is 1.29. The Bertz CT molecular complexity index is 128. The second-order valence-corrected chi connectivity index (χ2v) is 2.88. The van der Waals surface area contributed by atoms with E-state index in [0.29, 0.717) is 13.0 Å². The lowest BCUT2D eigenvalue weighted by Gasteiger charge is -2.31. The first kappa shape index (κ1) is 8.87. The predicted molar refractivity (Wildman–Crippen MR) is 37.8 cm³/mol. The maximum atomic E-state index is 12.9. The van der Waals surface area contributed by atoms with Gasteiger partial charge in [0.15, 0.2) is 0 Å². The summed E-state index contributed by atoms with van der Waals surface area (Å²) in [5.74, 6) is -3.19. The third kappa shape index (κ3) is 2.10. The van der Waals surface area contributed by atoms with Crippen molar-refractivity contribution in [3.05, 3.63) is 0 Å². The van der Waals surface area contributed by atoms with Crippen molar-refractivity contribution < 1.29 is 13.5 Å². The standard InChI is InChI=1S/C7H13F2NO/c1-11-4-6-2-3-10-5-7(6,8)9/h6,10H,2-5H2,1H3/t6-/m1/s1.